The highest BCUT2D eigenvalue weighted by Gasteiger charge is 2.15. The molecule has 0 aliphatic rings. The van der Waals surface area contributed by atoms with Gasteiger partial charge < -0.3 is 5.32 Å². The molecule has 0 aromatic heterocycles. The number of benzene rings is 2. The number of sulfone groups is 1. The van der Waals surface area contributed by atoms with Crippen LogP contribution in [0.2, 0.25) is 0 Å². The number of halogens is 2. The molecule has 0 aliphatic carbocycles. The minimum Gasteiger partial charge on any atom is -0.384 e. The predicted octanol–water partition coefficient (Wildman–Crippen LogP) is 3.41. The normalized spacial score (nSPS) is 11.4. The molecule has 0 atom stereocenters. The molecule has 3 nitrogen and oxygen atoms in total. The van der Waals surface area contributed by atoms with Crippen LogP contribution in [-0.4, -0.2) is 20.7 Å². The Hall–Kier alpha value is -1.95. The molecular formula is C16H17F2NO2S. The van der Waals surface area contributed by atoms with Crippen LogP contribution in [0.15, 0.2) is 47.4 Å². The molecule has 0 bridgehead atoms. The summed E-state index contributed by atoms with van der Waals surface area (Å²) < 4.78 is 50.2. The summed E-state index contributed by atoms with van der Waals surface area (Å²) in [5.41, 5.74) is 1.02. The zero-order valence-electron chi connectivity index (χ0n) is 12.1. The monoisotopic (exact) mass is 325 g/mol. The van der Waals surface area contributed by atoms with Gasteiger partial charge in [-0.05, 0) is 36.2 Å². The maximum Gasteiger partial charge on any atom is 0.180 e. The molecule has 0 fully saturated rings. The number of rotatable bonds is 6. The summed E-state index contributed by atoms with van der Waals surface area (Å²) in [6.45, 7) is 1.96. The summed E-state index contributed by atoms with van der Waals surface area (Å²) in [4.78, 5) is 0.239. The summed E-state index contributed by atoms with van der Waals surface area (Å²) in [7, 11) is -3.32. The zero-order chi connectivity index (χ0) is 16.2. The van der Waals surface area contributed by atoms with E-state index in [4.69, 9.17) is 0 Å². The lowest BCUT2D eigenvalue weighted by Gasteiger charge is -2.12. The Morgan fingerprint density at radius 1 is 1.05 bits per heavy atom. The molecule has 2 aromatic rings. The van der Waals surface area contributed by atoms with Crippen LogP contribution >= 0.6 is 0 Å². The second-order valence-electron chi connectivity index (χ2n) is 4.85. The van der Waals surface area contributed by atoms with E-state index in [1.807, 2.05) is 0 Å². The summed E-state index contributed by atoms with van der Waals surface area (Å²) >= 11 is 0. The molecule has 0 saturated carbocycles. The summed E-state index contributed by atoms with van der Waals surface area (Å²) in [6, 6.07) is 9.96. The fourth-order valence-corrected chi connectivity index (χ4v) is 3.21. The van der Waals surface area contributed by atoms with Crippen molar-refractivity contribution in [2.24, 2.45) is 0 Å². The Kier molecular flexibility index (Phi) is 5.13. The Bertz CT molecular complexity index is 740. The second-order valence-corrected chi connectivity index (χ2v) is 7.10. The van der Waals surface area contributed by atoms with Gasteiger partial charge in [-0.2, -0.15) is 0 Å². The van der Waals surface area contributed by atoms with Crippen molar-refractivity contribution in [3.63, 3.8) is 0 Å². The van der Waals surface area contributed by atoms with E-state index in [9.17, 15) is 17.2 Å². The number of para-hydroxylation sites is 1. The average Bonchev–Trinajstić information content (AvgIpc) is 2.46. The molecule has 22 heavy (non-hydrogen) atoms. The first-order chi connectivity index (χ1) is 10.4. The summed E-state index contributed by atoms with van der Waals surface area (Å²) in [5.74, 6) is -1.23. The van der Waals surface area contributed by atoms with Crippen molar-refractivity contribution in [3.8, 4) is 0 Å². The quantitative estimate of drug-likeness (QED) is 0.885. The SMILES string of the molecule is CCS(=O)(=O)c1ccccc1NCCc1cc(F)cc(F)c1. The highest BCUT2D eigenvalue weighted by Crippen LogP contribution is 2.22. The molecule has 118 valence electrons. The van der Waals surface area contributed by atoms with Crippen molar-refractivity contribution in [1.82, 2.24) is 0 Å². The van der Waals surface area contributed by atoms with Crippen molar-refractivity contribution in [2.45, 2.75) is 18.2 Å². The molecule has 0 heterocycles. The van der Waals surface area contributed by atoms with Crippen molar-refractivity contribution < 1.29 is 17.2 Å². The van der Waals surface area contributed by atoms with E-state index < -0.39 is 21.5 Å². The van der Waals surface area contributed by atoms with Gasteiger partial charge in [0.1, 0.15) is 11.6 Å². The Labute approximate surface area is 128 Å². The van der Waals surface area contributed by atoms with Crippen LogP contribution in [0.25, 0.3) is 0 Å². The van der Waals surface area contributed by atoms with Gasteiger partial charge in [-0.15, -0.1) is 0 Å². The van der Waals surface area contributed by atoms with Crippen LogP contribution in [0.3, 0.4) is 0 Å². The number of nitrogens with one attached hydrogen (secondary N) is 1. The first-order valence-electron chi connectivity index (χ1n) is 6.93. The smallest absolute Gasteiger partial charge is 0.180 e. The number of hydrogen-bond acceptors (Lipinski definition) is 3. The van der Waals surface area contributed by atoms with E-state index in [2.05, 4.69) is 5.32 Å². The van der Waals surface area contributed by atoms with Crippen LogP contribution in [-0.2, 0) is 16.3 Å². The van der Waals surface area contributed by atoms with E-state index in [0.29, 0.717) is 24.2 Å². The first kappa shape index (κ1) is 16.4. The maximum atomic E-state index is 13.1. The Morgan fingerprint density at radius 2 is 1.68 bits per heavy atom. The highest BCUT2D eigenvalue weighted by atomic mass is 32.2. The van der Waals surface area contributed by atoms with Gasteiger partial charge in [0.2, 0.25) is 0 Å². The van der Waals surface area contributed by atoms with Gasteiger partial charge in [0.25, 0.3) is 0 Å². The molecule has 0 amide bonds. The van der Waals surface area contributed by atoms with Crippen LogP contribution in [0, 0.1) is 11.6 Å². The second kappa shape index (κ2) is 6.87. The largest absolute Gasteiger partial charge is 0.384 e. The van der Waals surface area contributed by atoms with Crippen molar-refractivity contribution >= 4 is 15.5 Å². The minimum absolute atomic E-state index is 0.0147. The molecular weight excluding hydrogens is 308 g/mol. The third-order valence-electron chi connectivity index (χ3n) is 3.25. The molecule has 0 saturated heterocycles. The lowest BCUT2D eigenvalue weighted by atomic mass is 10.1. The molecule has 1 N–H and O–H groups in total. The number of hydrogen-bond donors (Lipinski definition) is 1. The third-order valence-corrected chi connectivity index (χ3v) is 5.04. The van der Waals surface area contributed by atoms with Crippen molar-refractivity contribution in [1.29, 1.82) is 0 Å². The maximum absolute atomic E-state index is 13.1. The standard InChI is InChI=1S/C16H17F2NO2S/c1-2-22(20,21)16-6-4-3-5-15(16)19-8-7-12-9-13(17)11-14(18)10-12/h3-6,9-11,19H,2,7-8H2,1H3. The lowest BCUT2D eigenvalue weighted by molar-refractivity contribution is 0.580. The summed E-state index contributed by atoms with van der Waals surface area (Å²) in [5, 5.41) is 3.02. The van der Waals surface area contributed by atoms with E-state index >= 15 is 0 Å². The molecule has 2 aromatic carbocycles. The van der Waals surface area contributed by atoms with Gasteiger partial charge in [-0.1, -0.05) is 19.1 Å². The molecule has 0 unspecified atom stereocenters. The van der Waals surface area contributed by atoms with Gasteiger partial charge in [0.15, 0.2) is 9.84 Å². The Balaban J connectivity index is 2.09. The molecule has 2 rings (SSSR count). The Morgan fingerprint density at radius 3 is 2.32 bits per heavy atom. The van der Waals surface area contributed by atoms with E-state index in [0.717, 1.165) is 6.07 Å². The van der Waals surface area contributed by atoms with Crippen LogP contribution in [0.1, 0.15) is 12.5 Å². The van der Waals surface area contributed by atoms with Crippen molar-refractivity contribution in [3.05, 3.63) is 59.7 Å². The third kappa shape index (κ3) is 4.04. The molecule has 0 radical (unpaired) electrons. The molecule has 0 aliphatic heterocycles. The lowest BCUT2D eigenvalue weighted by Crippen LogP contribution is -2.11. The van der Waals surface area contributed by atoms with Gasteiger partial charge in [-0.25, -0.2) is 17.2 Å². The van der Waals surface area contributed by atoms with Crippen molar-refractivity contribution in [2.75, 3.05) is 17.6 Å². The molecule has 0 spiro atoms. The van der Waals surface area contributed by atoms with Gasteiger partial charge in [0.05, 0.1) is 16.3 Å². The van der Waals surface area contributed by atoms with Gasteiger partial charge in [0, 0.05) is 12.6 Å². The average molecular weight is 325 g/mol. The van der Waals surface area contributed by atoms with Gasteiger partial charge in [-0.3, -0.25) is 0 Å². The fraction of sp³-hybridized carbons (Fsp3) is 0.250. The van der Waals surface area contributed by atoms with Crippen LogP contribution in [0.4, 0.5) is 14.5 Å². The highest BCUT2D eigenvalue weighted by molar-refractivity contribution is 7.91. The van der Waals surface area contributed by atoms with E-state index in [1.165, 1.54) is 12.1 Å². The van der Waals surface area contributed by atoms with Crippen LogP contribution < -0.4 is 5.32 Å². The zero-order valence-corrected chi connectivity index (χ0v) is 13.0. The fourth-order valence-electron chi connectivity index (χ4n) is 2.14. The minimum atomic E-state index is -3.32. The van der Waals surface area contributed by atoms with E-state index in [-0.39, 0.29) is 10.6 Å². The summed E-state index contributed by atoms with van der Waals surface area (Å²) in [6.07, 6.45) is 0.384. The topological polar surface area (TPSA) is 46.2 Å². The predicted molar refractivity (Wildman–Crippen MR) is 82.7 cm³/mol. The molecule has 6 heteroatoms. The first-order valence-corrected chi connectivity index (χ1v) is 8.58. The number of anilines is 1. The van der Waals surface area contributed by atoms with Gasteiger partial charge >= 0.3 is 0 Å². The van der Waals surface area contributed by atoms with Crippen LogP contribution in [0.5, 0.6) is 0 Å². The van der Waals surface area contributed by atoms with E-state index in [1.54, 1.807) is 31.2 Å².